The third-order valence-corrected chi connectivity index (χ3v) is 6.26. The van der Waals surface area contributed by atoms with Crippen molar-refractivity contribution < 1.29 is 9.59 Å². The zero-order chi connectivity index (χ0) is 23.0. The molecule has 0 atom stereocenters. The average molecular weight is 452 g/mol. The van der Waals surface area contributed by atoms with E-state index in [1.165, 1.54) is 21.5 Å². The highest BCUT2D eigenvalue weighted by atomic mass is 32.1. The molecule has 8 nitrogen and oxygen atoms in total. The van der Waals surface area contributed by atoms with Gasteiger partial charge in [-0.05, 0) is 55.6 Å². The second-order valence-corrected chi connectivity index (χ2v) is 8.62. The Morgan fingerprint density at radius 3 is 2.69 bits per heavy atom. The molecule has 32 heavy (non-hydrogen) atoms. The standard InChI is InChI=1S/C23H25N5O3S/c1-4-9-28-22(31)17(20(29)25-23(28)32)13-16-19(26-11-7-14(2)8-12-26)24-18-15(3)6-5-10-27(18)21(16)30/h4-6,10,13-14H,1,7-9,11-12H2,2-3H3,(H,25,29,32)/b17-13+. The van der Waals surface area contributed by atoms with Crippen molar-refractivity contribution in [2.75, 3.05) is 24.5 Å². The summed E-state index contributed by atoms with van der Waals surface area (Å²) in [7, 11) is 0. The number of anilines is 1. The smallest absolute Gasteiger partial charge is 0.267 e. The van der Waals surface area contributed by atoms with Crippen LogP contribution in [0.1, 0.15) is 30.9 Å². The number of amides is 2. The summed E-state index contributed by atoms with van der Waals surface area (Å²) in [4.78, 5) is 47.3. The molecule has 4 rings (SSSR count). The van der Waals surface area contributed by atoms with E-state index in [0.29, 0.717) is 17.4 Å². The third-order valence-electron chi connectivity index (χ3n) is 5.93. The molecule has 1 N–H and O–H groups in total. The molecule has 2 aliphatic rings. The molecule has 9 heteroatoms. The Labute approximate surface area is 191 Å². The molecule has 0 saturated carbocycles. The second kappa shape index (κ2) is 8.66. The van der Waals surface area contributed by atoms with Gasteiger partial charge in [0.25, 0.3) is 17.4 Å². The fraction of sp³-hybridized carbons (Fsp3) is 0.348. The SMILES string of the molecule is C=CCN1C(=O)/C(=C/c2c(N3CCC(C)CC3)nc3c(C)cccn3c2=O)C(=O)NC1=S. The van der Waals surface area contributed by atoms with Gasteiger partial charge < -0.3 is 4.90 Å². The van der Waals surface area contributed by atoms with Crippen LogP contribution in [0.3, 0.4) is 0 Å². The van der Waals surface area contributed by atoms with Crippen LogP contribution in [-0.2, 0) is 9.59 Å². The Morgan fingerprint density at radius 2 is 2.00 bits per heavy atom. The first-order valence-electron chi connectivity index (χ1n) is 10.6. The number of pyridine rings is 1. The number of aromatic nitrogens is 2. The molecular weight excluding hydrogens is 426 g/mol. The highest BCUT2D eigenvalue weighted by Crippen LogP contribution is 2.26. The zero-order valence-corrected chi connectivity index (χ0v) is 18.9. The zero-order valence-electron chi connectivity index (χ0n) is 18.1. The highest BCUT2D eigenvalue weighted by Gasteiger charge is 2.34. The summed E-state index contributed by atoms with van der Waals surface area (Å²) in [6.45, 7) is 9.38. The molecule has 0 bridgehead atoms. The molecular formula is C23H25N5O3S. The lowest BCUT2D eigenvalue weighted by Gasteiger charge is -2.32. The molecule has 2 aliphatic heterocycles. The van der Waals surface area contributed by atoms with Gasteiger partial charge >= 0.3 is 0 Å². The molecule has 2 aromatic heterocycles. The van der Waals surface area contributed by atoms with Crippen molar-refractivity contribution in [1.29, 1.82) is 0 Å². The molecule has 4 heterocycles. The molecule has 2 fully saturated rings. The van der Waals surface area contributed by atoms with E-state index >= 15 is 0 Å². The normalized spacial score (nSPS) is 19.1. The largest absolute Gasteiger partial charge is 0.356 e. The number of carbonyl (C=O) groups is 2. The van der Waals surface area contributed by atoms with Gasteiger partial charge in [0.15, 0.2) is 5.11 Å². The van der Waals surface area contributed by atoms with Crippen LogP contribution in [0.5, 0.6) is 0 Å². The van der Waals surface area contributed by atoms with Crippen molar-refractivity contribution in [1.82, 2.24) is 19.6 Å². The van der Waals surface area contributed by atoms with Crippen LogP contribution in [0.2, 0.25) is 0 Å². The number of aryl methyl sites for hydroxylation is 1. The topological polar surface area (TPSA) is 87.0 Å². The summed E-state index contributed by atoms with van der Waals surface area (Å²) in [6, 6.07) is 3.67. The first-order valence-corrected chi connectivity index (χ1v) is 11.0. The molecule has 0 radical (unpaired) electrons. The molecule has 2 aromatic rings. The average Bonchev–Trinajstić information content (AvgIpc) is 2.76. The fourth-order valence-electron chi connectivity index (χ4n) is 4.02. The molecule has 2 amide bonds. The van der Waals surface area contributed by atoms with Crippen molar-refractivity contribution in [3.05, 3.63) is 58.0 Å². The van der Waals surface area contributed by atoms with Crippen molar-refractivity contribution >= 4 is 46.7 Å². The van der Waals surface area contributed by atoms with Gasteiger partial charge in [-0.15, -0.1) is 6.58 Å². The number of nitrogens with one attached hydrogen (secondary N) is 1. The van der Waals surface area contributed by atoms with Crippen molar-refractivity contribution in [3.63, 3.8) is 0 Å². The Balaban J connectivity index is 1.91. The number of hydrogen-bond acceptors (Lipinski definition) is 6. The van der Waals surface area contributed by atoms with Gasteiger partial charge in [-0.2, -0.15) is 0 Å². The number of hydrogen-bond donors (Lipinski definition) is 1. The summed E-state index contributed by atoms with van der Waals surface area (Å²) in [6.07, 6.45) is 6.47. The summed E-state index contributed by atoms with van der Waals surface area (Å²) in [5.41, 5.74) is 1.15. The quantitative estimate of drug-likeness (QED) is 0.331. The molecule has 2 saturated heterocycles. The van der Waals surface area contributed by atoms with E-state index in [-0.39, 0.29) is 28.4 Å². The van der Waals surface area contributed by atoms with Crippen molar-refractivity contribution in [2.24, 2.45) is 5.92 Å². The van der Waals surface area contributed by atoms with E-state index in [2.05, 4.69) is 23.7 Å². The number of carbonyl (C=O) groups excluding carboxylic acids is 2. The van der Waals surface area contributed by atoms with Gasteiger partial charge in [0.1, 0.15) is 17.0 Å². The number of nitrogens with zero attached hydrogens (tertiary/aromatic N) is 4. The molecule has 0 aromatic carbocycles. The Bertz CT molecular complexity index is 1220. The minimum absolute atomic E-state index is 0.0197. The van der Waals surface area contributed by atoms with E-state index < -0.39 is 11.8 Å². The lowest BCUT2D eigenvalue weighted by atomic mass is 9.98. The molecule has 0 unspecified atom stereocenters. The molecule has 0 aliphatic carbocycles. The van der Waals surface area contributed by atoms with E-state index in [4.69, 9.17) is 17.2 Å². The number of thiocarbonyl (C=S) groups is 1. The lowest BCUT2D eigenvalue weighted by Crippen LogP contribution is -2.54. The van der Waals surface area contributed by atoms with Crippen LogP contribution in [-0.4, -0.2) is 50.8 Å². The Kier molecular flexibility index (Phi) is 5.92. The van der Waals surface area contributed by atoms with Gasteiger partial charge in [0.2, 0.25) is 0 Å². The highest BCUT2D eigenvalue weighted by molar-refractivity contribution is 7.80. The summed E-state index contributed by atoms with van der Waals surface area (Å²) >= 11 is 5.12. The Morgan fingerprint density at radius 1 is 1.28 bits per heavy atom. The second-order valence-electron chi connectivity index (χ2n) is 8.23. The fourth-order valence-corrected chi connectivity index (χ4v) is 4.27. The van der Waals surface area contributed by atoms with Crippen LogP contribution < -0.4 is 15.8 Å². The van der Waals surface area contributed by atoms with Crippen LogP contribution in [0.25, 0.3) is 11.7 Å². The van der Waals surface area contributed by atoms with Gasteiger partial charge in [0.05, 0.1) is 5.56 Å². The maximum Gasteiger partial charge on any atom is 0.267 e. The maximum atomic E-state index is 13.5. The van der Waals surface area contributed by atoms with Crippen molar-refractivity contribution in [3.8, 4) is 0 Å². The minimum atomic E-state index is -0.632. The Hall–Kier alpha value is -3.33. The van der Waals surface area contributed by atoms with Crippen molar-refractivity contribution in [2.45, 2.75) is 26.7 Å². The first kappa shape index (κ1) is 21.9. The number of piperidine rings is 1. The lowest BCUT2D eigenvalue weighted by molar-refractivity contribution is -0.128. The monoisotopic (exact) mass is 451 g/mol. The van der Waals surface area contributed by atoms with Gasteiger partial charge in [0, 0.05) is 25.8 Å². The summed E-state index contributed by atoms with van der Waals surface area (Å²) in [5.74, 6) is -0.110. The summed E-state index contributed by atoms with van der Waals surface area (Å²) in [5, 5.41) is 2.54. The maximum absolute atomic E-state index is 13.5. The summed E-state index contributed by atoms with van der Waals surface area (Å²) < 4.78 is 1.45. The predicted molar refractivity (Wildman–Crippen MR) is 127 cm³/mol. The van der Waals surface area contributed by atoms with E-state index in [9.17, 15) is 14.4 Å². The third kappa shape index (κ3) is 3.84. The van der Waals surface area contributed by atoms with Gasteiger partial charge in [-0.1, -0.05) is 19.1 Å². The number of fused-ring (bicyclic) bond motifs is 1. The molecule has 166 valence electrons. The molecule has 0 spiro atoms. The minimum Gasteiger partial charge on any atom is -0.356 e. The van der Waals surface area contributed by atoms with Gasteiger partial charge in [-0.3, -0.25) is 29.0 Å². The predicted octanol–water partition coefficient (Wildman–Crippen LogP) is 2.05. The number of rotatable bonds is 4. The first-order chi connectivity index (χ1) is 15.3. The van der Waals surface area contributed by atoms with E-state index in [1.807, 2.05) is 13.0 Å². The van der Waals surface area contributed by atoms with E-state index in [0.717, 1.165) is 31.5 Å². The van der Waals surface area contributed by atoms with Crippen LogP contribution >= 0.6 is 12.2 Å². The van der Waals surface area contributed by atoms with Crippen LogP contribution in [0.15, 0.2) is 41.4 Å². The van der Waals surface area contributed by atoms with Crippen LogP contribution in [0, 0.1) is 12.8 Å². The van der Waals surface area contributed by atoms with Gasteiger partial charge in [-0.25, -0.2) is 4.98 Å². The van der Waals surface area contributed by atoms with E-state index in [1.54, 1.807) is 12.3 Å². The van der Waals surface area contributed by atoms with Crippen LogP contribution in [0.4, 0.5) is 5.82 Å².